The highest BCUT2D eigenvalue weighted by atomic mass is 79.9. The van der Waals surface area contributed by atoms with E-state index in [2.05, 4.69) is 37.3 Å². The lowest BCUT2D eigenvalue weighted by atomic mass is 9.99. The average molecular weight is 418 g/mol. The summed E-state index contributed by atoms with van der Waals surface area (Å²) in [5, 5.41) is 0. The normalized spacial score (nSPS) is 12.2. The molecule has 0 saturated heterocycles. The molecule has 1 unspecified atom stereocenters. The molecular formula is C15H15Br2FN2O. The van der Waals surface area contributed by atoms with Crippen LogP contribution < -0.4 is 16.0 Å². The fourth-order valence-electron chi connectivity index (χ4n) is 2.10. The number of hydrogen-bond acceptors (Lipinski definition) is 3. The summed E-state index contributed by atoms with van der Waals surface area (Å²) in [6.07, 6.45) is 0.594. The minimum atomic E-state index is -0.308. The van der Waals surface area contributed by atoms with Gasteiger partial charge in [-0.1, -0.05) is 28.1 Å². The number of nitrogens with one attached hydrogen (secondary N) is 1. The monoisotopic (exact) mass is 416 g/mol. The number of nitrogens with two attached hydrogens (primary N) is 1. The molecule has 112 valence electrons. The molecule has 1 atom stereocenters. The molecule has 0 radical (unpaired) electrons. The summed E-state index contributed by atoms with van der Waals surface area (Å²) in [5.41, 5.74) is 4.53. The molecule has 0 amide bonds. The maximum atomic E-state index is 13.7. The smallest absolute Gasteiger partial charge is 0.137 e. The van der Waals surface area contributed by atoms with Gasteiger partial charge in [-0.15, -0.1) is 0 Å². The molecule has 0 bridgehead atoms. The highest BCUT2D eigenvalue weighted by Gasteiger charge is 2.17. The summed E-state index contributed by atoms with van der Waals surface area (Å²) >= 11 is 6.79. The number of rotatable bonds is 5. The van der Waals surface area contributed by atoms with Gasteiger partial charge in [0.25, 0.3) is 0 Å². The first kappa shape index (κ1) is 16.4. The van der Waals surface area contributed by atoms with Gasteiger partial charge in [-0.2, -0.15) is 0 Å². The van der Waals surface area contributed by atoms with Crippen molar-refractivity contribution < 1.29 is 9.13 Å². The quantitative estimate of drug-likeness (QED) is 0.568. The second-order valence-electron chi connectivity index (χ2n) is 4.52. The van der Waals surface area contributed by atoms with Crippen LogP contribution in [0, 0.1) is 5.82 Å². The lowest BCUT2D eigenvalue weighted by molar-refractivity contribution is 0.413. The third kappa shape index (κ3) is 3.83. The van der Waals surface area contributed by atoms with E-state index in [-0.39, 0.29) is 11.9 Å². The summed E-state index contributed by atoms with van der Waals surface area (Å²) in [4.78, 5) is 0. The van der Waals surface area contributed by atoms with E-state index in [9.17, 15) is 4.39 Å². The predicted molar refractivity (Wildman–Crippen MR) is 88.6 cm³/mol. The summed E-state index contributed by atoms with van der Waals surface area (Å²) < 4.78 is 20.3. The van der Waals surface area contributed by atoms with Crippen molar-refractivity contribution in [2.45, 2.75) is 12.5 Å². The fraction of sp³-hybridized carbons (Fsp3) is 0.200. The Morgan fingerprint density at radius 1 is 1.29 bits per heavy atom. The Morgan fingerprint density at radius 3 is 2.71 bits per heavy atom. The van der Waals surface area contributed by atoms with E-state index in [1.165, 1.54) is 6.07 Å². The van der Waals surface area contributed by atoms with Gasteiger partial charge in [-0.05, 0) is 57.7 Å². The topological polar surface area (TPSA) is 47.3 Å². The van der Waals surface area contributed by atoms with Crippen molar-refractivity contribution >= 4 is 31.9 Å². The summed E-state index contributed by atoms with van der Waals surface area (Å²) in [7, 11) is 1.62. The zero-order valence-corrected chi connectivity index (χ0v) is 14.5. The molecule has 0 aliphatic carbocycles. The van der Waals surface area contributed by atoms with Crippen LogP contribution in [-0.2, 0) is 6.42 Å². The van der Waals surface area contributed by atoms with Crippen LogP contribution in [0.3, 0.4) is 0 Å². The first-order valence-electron chi connectivity index (χ1n) is 6.29. The molecule has 3 nitrogen and oxygen atoms in total. The van der Waals surface area contributed by atoms with Gasteiger partial charge in [-0.3, -0.25) is 11.3 Å². The van der Waals surface area contributed by atoms with Gasteiger partial charge < -0.3 is 4.74 Å². The second-order valence-corrected chi connectivity index (χ2v) is 6.17. The van der Waals surface area contributed by atoms with Crippen molar-refractivity contribution in [2.24, 2.45) is 5.84 Å². The number of halogens is 3. The van der Waals surface area contributed by atoms with Gasteiger partial charge >= 0.3 is 0 Å². The number of ether oxygens (including phenoxy) is 1. The summed E-state index contributed by atoms with van der Waals surface area (Å²) in [5.74, 6) is 6.11. The summed E-state index contributed by atoms with van der Waals surface area (Å²) in [6, 6.07) is 10.4. The SMILES string of the molecule is COc1ccc(Br)c(CC(NN)c2cccc(F)c2Br)c1. The number of hydrazine groups is 1. The zero-order chi connectivity index (χ0) is 15.4. The zero-order valence-electron chi connectivity index (χ0n) is 11.4. The minimum Gasteiger partial charge on any atom is -0.497 e. The Balaban J connectivity index is 2.33. The van der Waals surface area contributed by atoms with E-state index >= 15 is 0 Å². The molecule has 2 aromatic carbocycles. The third-order valence-electron chi connectivity index (χ3n) is 3.23. The first-order chi connectivity index (χ1) is 10.1. The highest BCUT2D eigenvalue weighted by molar-refractivity contribution is 9.10. The van der Waals surface area contributed by atoms with Crippen molar-refractivity contribution in [1.82, 2.24) is 5.43 Å². The van der Waals surface area contributed by atoms with Crippen LogP contribution in [0.25, 0.3) is 0 Å². The standard InChI is InChI=1S/C15H15Br2FN2O/c1-21-10-5-6-12(16)9(7-10)8-14(20-19)11-3-2-4-13(18)15(11)17/h2-7,14,20H,8,19H2,1H3. The second kappa shape index (κ2) is 7.35. The van der Waals surface area contributed by atoms with E-state index in [1.54, 1.807) is 13.2 Å². The molecule has 21 heavy (non-hydrogen) atoms. The van der Waals surface area contributed by atoms with E-state index < -0.39 is 0 Å². The first-order valence-corrected chi connectivity index (χ1v) is 7.88. The van der Waals surface area contributed by atoms with Gasteiger partial charge in [0.15, 0.2) is 0 Å². The van der Waals surface area contributed by atoms with Gasteiger partial charge in [0.1, 0.15) is 11.6 Å². The van der Waals surface area contributed by atoms with Crippen molar-refractivity contribution in [3.05, 3.63) is 62.3 Å². The van der Waals surface area contributed by atoms with E-state index in [1.807, 2.05) is 24.3 Å². The number of hydrogen-bond donors (Lipinski definition) is 2. The predicted octanol–water partition coefficient (Wildman–Crippen LogP) is 4.11. The van der Waals surface area contributed by atoms with Crippen molar-refractivity contribution in [3.8, 4) is 5.75 Å². The van der Waals surface area contributed by atoms with Gasteiger partial charge in [0.05, 0.1) is 17.6 Å². The Kier molecular flexibility index (Phi) is 5.75. The van der Waals surface area contributed by atoms with Crippen LogP contribution in [-0.4, -0.2) is 7.11 Å². The largest absolute Gasteiger partial charge is 0.497 e. The van der Waals surface area contributed by atoms with Crippen LogP contribution in [0.15, 0.2) is 45.3 Å². The van der Waals surface area contributed by atoms with E-state index in [0.717, 1.165) is 21.3 Å². The van der Waals surface area contributed by atoms with Gasteiger partial charge in [0.2, 0.25) is 0 Å². The molecule has 2 aromatic rings. The van der Waals surface area contributed by atoms with Gasteiger partial charge in [0, 0.05) is 4.47 Å². The van der Waals surface area contributed by atoms with Crippen molar-refractivity contribution in [3.63, 3.8) is 0 Å². The van der Waals surface area contributed by atoms with Crippen LogP contribution in [0.5, 0.6) is 5.75 Å². The van der Waals surface area contributed by atoms with Crippen LogP contribution in [0.2, 0.25) is 0 Å². The maximum Gasteiger partial charge on any atom is 0.137 e. The van der Waals surface area contributed by atoms with Crippen LogP contribution in [0.1, 0.15) is 17.2 Å². The Bertz CT molecular complexity index is 637. The lowest BCUT2D eigenvalue weighted by Gasteiger charge is -2.19. The molecule has 0 aliphatic rings. The molecule has 2 rings (SSSR count). The van der Waals surface area contributed by atoms with Crippen LogP contribution >= 0.6 is 31.9 Å². The Labute approximate surface area is 139 Å². The number of benzene rings is 2. The molecule has 0 aliphatic heterocycles. The molecule has 6 heteroatoms. The Hall–Kier alpha value is -0.950. The molecule has 0 aromatic heterocycles. The van der Waals surface area contributed by atoms with Crippen molar-refractivity contribution in [1.29, 1.82) is 0 Å². The molecular weight excluding hydrogens is 403 g/mol. The fourth-order valence-corrected chi connectivity index (χ4v) is 3.05. The average Bonchev–Trinajstić information content (AvgIpc) is 2.49. The molecule has 0 spiro atoms. The lowest BCUT2D eigenvalue weighted by Crippen LogP contribution is -2.30. The molecule has 0 saturated carbocycles. The minimum absolute atomic E-state index is 0.224. The van der Waals surface area contributed by atoms with Crippen molar-refractivity contribution in [2.75, 3.05) is 7.11 Å². The van der Waals surface area contributed by atoms with Gasteiger partial charge in [-0.25, -0.2) is 4.39 Å². The third-order valence-corrected chi connectivity index (χ3v) is 4.85. The van der Waals surface area contributed by atoms with Crippen LogP contribution in [0.4, 0.5) is 4.39 Å². The molecule has 0 fully saturated rings. The number of methoxy groups -OCH3 is 1. The molecule has 0 heterocycles. The highest BCUT2D eigenvalue weighted by Crippen LogP contribution is 2.31. The maximum absolute atomic E-state index is 13.7. The van der Waals surface area contributed by atoms with E-state index in [0.29, 0.717) is 10.9 Å². The molecule has 3 N–H and O–H groups in total. The van der Waals surface area contributed by atoms with E-state index in [4.69, 9.17) is 10.6 Å². The summed E-state index contributed by atoms with van der Waals surface area (Å²) in [6.45, 7) is 0. The Morgan fingerprint density at radius 2 is 2.05 bits per heavy atom.